The summed E-state index contributed by atoms with van der Waals surface area (Å²) in [5.41, 5.74) is 0. The molecule has 0 aromatic carbocycles. The van der Waals surface area contributed by atoms with Gasteiger partial charge < -0.3 is 10.1 Å². The Morgan fingerprint density at radius 1 is 1.57 bits per heavy atom. The van der Waals surface area contributed by atoms with Crippen molar-refractivity contribution in [2.45, 2.75) is 19.4 Å². The standard InChI is InChI=1S/C8H18N2O3S/c1-2-13-5-6-14(11,12)10-8-3-4-9-7-8/h8-10H,2-7H2,1H3. The Hall–Kier alpha value is -0.170. The maximum Gasteiger partial charge on any atom is 0.214 e. The third-order valence-corrected chi connectivity index (χ3v) is 3.50. The van der Waals surface area contributed by atoms with Crippen LogP contribution in [0.25, 0.3) is 0 Å². The van der Waals surface area contributed by atoms with E-state index in [1.165, 1.54) is 0 Å². The smallest absolute Gasteiger partial charge is 0.214 e. The molecule has 1 saturated heterocycles. The molecule has 14 heavy (non-hydrogen) atoms. The monoisotopic (exact) mass is 222 g/mol. The Balaban J connectivity index is 2.26. The van der Waals surface area contributed by atoms with Crippen LogP contribution in [0.5, 0.6) is 0 Å². The van der Waals surface area contributed by atoms with Gasteiger partial charge in [0.15, 0.2) is 0 Å². The van der Waals surface area contributed by atoms with Gasteiger partial charge in [0.05, 0.1) is 12.4 Å². The van der Waals surface area contributed by atoms with E-state index in [2.05, 4.69) is 10.0 Å². The van der Waals surface area contributed by atoms with Gasteiger partial charge in [-0.2, -0.15) is 0 Å². The number of nitrogens with one attached hydrogen (secondary N) is 2. The van der Waals surface area contributed by atoms with Gasteiger partial charge in [-0.25, -0.2) is 13.1 Å². The molecule has 1 fully saturated rings. The van der Waals surface area contributed by atoms with Crippen LogP contribution < -0.4 is 10.0 Å². The van der Waals surface area contributed by atoms with Crippen LogP contribution in [0.1, 0.15) is 13.3 Å². The summed E-state index contributed by atoms with van der Waals surface area (Å²) in [6.45, 7) is 4.29. The molecule has 1 aliphatic rings. The van der Waals surface area contributed by atoms with E-state index in [1.54, 1.807) is 0 Å². The molecule has 0 radical (unpaired) electrons. The molecule has 0 aromatic heterocycles. The van der Waals surface area contributed by atoms with Crippen LogP contribution in [0.15, 0.2) is 0 Å². The fourth-order valence-corrected chi connectivity index (χ4v) is 2.55. The SMILES string of the molecule is CCOCCS(=O)(=O)NC1CCNC1. The Morgan fingerprint density at radius 2 is 2.36 bits per heavy atom. The third kappa shape index (κ3) is 4.36. The van der Waals surface area contributed by atoms with Crippen molar-refractivity contribution in [3.63, 3.8) is 0 Å². The molecule has 6 heteroatoms. The number of ether oxygens (including phenoxy) is 1. The Kier molecular flexibility index (Phi) is 4.80. The summed E-state index contributed by atoms with van der Waals surface area (Å²) in [5.74, 6) is 0.0529. The molecular weight excluding hydrogens is 204 g/mol. The molecule has 0 amide bonds. The summed E-state index contributed by atoms with van der Waals surface area (Å²) in [6.07, 6.45) is 0.869. The molecule has 1 rings (SSSR count). The first-order chi connectivity index (χ1) is 6.64. The number of hydrogen-bond acceptors (Lipinski definition) is 4. The summed E-state index contributed by atoms with van der Waals surface area (Å²) < 4.78 is 30.5. The molecular formula is C8H18N2O3S. The molecule has 0 spiro atoms. The van der Waals surface area contributed by atoms with E-state index in [1.807, 2.05) is 6.92 Å². The summed E-state index contributed by atoms with van der Waals surface area (Å²) in [6, 6.07) is 0.0571. The van der Waals surface area contributed by atoms with Crippen molar-refractivity contribution in [3.8, 4) is 0 Å². The summed E-state index contributed by atoms with van der Waals surface area (Å²) in [5, 5.41) is 3.10. The van der Waals surface area contributed by atoms with Crippen LogP contribution in [0, 0.1) is 0 Å². The summed E-state index contributed by atoms with van der Waals surface area (Å²) >= 11 is 0. The molecule has 0 saturated carbocycles. The minimum Gasteiger partial charge on any atom is -0.381 e. The molecule has 5 nitrogen and oxygen atoms in total. The predicted molar refractivity (Wildman–Crippen MR) is 54.7 cm³/mol. The summed E-state index contributed by atoms with van der Waals surface area (Å²) in [4.78, 5) is 0. The molecule has 0 aromatic rings. The molecule has 1 atom stereocenters. The van der Waals surface area contributed by atoms with Crippen molar-refractivity contribution >= 4 is 10.0 Å². The Bertz CT molecular complexity index is 247. The van der Waals surface area contributed by atoms with E-state index in [4.69, 9.17) is 4.74 Å². The van der Waals surface area contributed by atoms with E-state index in [9.17, 15) is 8.42 Å². The van der Waals surface area contributed by atoms with E-state index >= 15 is 0 Å². The van der Waals surface area contributed by atoms with Crippen LogP contribution in [0.2, 0.25) is 0 Å². The highest BCUT2D eigenvalue weighted by Gasteiger charge is 2.20. The molecule has 0 bridgehead atoms. The first kappa shape index (κ1) is 11.9. The quantitative estimate of drug-likeness (QED) is 0.583. The second-order valence-corrected chi connectivity index (χ2v) is 5.20. The first-order valence-corrected chi connectivity index (χ1v) is 6.58. The third-order valence-electron chi connectivity index (χ3n) is 2.11. The normalized spacial score (nSPS) is 22.8. The Labute approximate surface area is 85.3 Å². The van der Waals surface area contributed by atoms with Crippen LogP contribution in [-0.4, -0.2) is 46.5 Å². The number of hydrogen-bond donors (Lipinski definition) is 2. The van der Waals surface area contributed by atoms with Crippen molar-refractivity contribution in [2.24, 2.45) is 0 Å². The van der Waals surface area contributed by atoms with Crippen LogP contribution in [0.3, 0.4) is 0 Å². The minimum absolute atomic E-state index is 0.0529. The van der Waals surface area contributed by atoms with Crippen molar-refractivity contribution in [3.05, 3.63) is 0 Å². The number of sulfonamides is 1. The van der Waals surface area contributed by atoms with Crippen LogP contribution in [0.4, 0.5) is 0 Å². The van der Waals surface area contributed by atoms with Gasteiger partial charge >= 0.3 is 0 Å². The van der Waals surface area contributed by atoms with Crippen molar-refractivity contribution in [1.29, 1.82) is 0 Å². The second-order valence-electron chi connectivity index (χ2n) is 3.32. The fraction of sp³-hybridized carbons (Fsp3) is 1.00. The average molecular weight is 222 g/mol. The zero-order valence-corrected chi connectivity index (χ0v) is 9.27. The van der Waals surface area contributed by atoms with Gasteiger partial charge in [-0.3, -0.25) is 0 Å². The van der Waals surface area contributed by atoms with Crippen LogP contribution >= 0.6 is 0 Å². The lowest BCUT2D eigenvalue weighted by Gasteiger charge is -2.11. The van der Waals surface area contributed by atoms with Gasteiger partial charge in [0.2, 0.25) is 10.0 Å². The molecule has 1 aliphatic heterocycles. The number of rotatable bonds is 6. The maximum atomic E-state index is 11.4. The highest BCUT2D eigenvalue weighted by Crippen LogP contribution is 1.99. The summed E-state index contributed by atoms with van der Waals surface area (Å²) in [7, 11) is -3.15. The zero-order valence-electron chi connectivity index (χ0n) is 8.45. The van der Waals surface area contributed by atoms with Gasteiger partial charge in [0, 0.05) is 19.2 Å². The van der Waals surface area contributed by atoms with Gasteiger partial charge in [-0.15, -0.1) is 0 Å². The van der Waals surface area contributed by atoms with Crippen LogP contribution in [-0.2, 0) is 14.8 Å². The van der Waals surface area contributed by atoms with E-state index in [0.29, 0.717) is 6.61 Å². The molecule has 1 unspecified atom stereocenters. The van der Waals surface area contributed by atoms with E-state index in [-0.39, 0.29) is 18.4 Å². The lowest BCUT2D eigenvalue weighted by atomic mass is 10.3. The largest absolute Gasteiger partial charge is 0.381 e. The van der Waals surface area contributed by atoms with Gasteiger partial charge in [-0.05, 0) is 19.9 Å². The minimum atomic E-state index is -3.15. The van der Waals surface area contributed by atoms with Crippen molar-refractivity contribution in [1.82, 2.24) is 10.0 Å². The van der Waals surface area contributed by atoms with Gasteiger partial charge in [-0.1, -0.05) is 0 Å². The highest BCUT2D eigenvalue weighted by molar-refractivity contribution is 7.89. The average Bonchev–Trinajstić information content (AvgIpc) is 2.56. The van der Waals surface area contributed by atoms with E-state index in [0.717, 1.165) is 19.5 Å². The predicted octanol–water partition coefficient (Wildman–Crippen LogP) is -0.696. The van der Waals surface area contributed by atoms with E-state index < -0.39 is 10.0 Å². The first-order valence-electron chi connectivity index (χ1n) is 4.92. The highest BCUT2D eigenvalue weighted by atomic mass is 32.2. The molecule has 2 N–H and O–H groups in total. The lowest BCUT2D eigenvalue weighted by molar-refractivity contribution is 0.163. The molecule has 1 heterocycles. The zero-order chi connectivity index (χ0) is 10.4. The topological polar surface area (TPSA) is 67.4 Å². The molecule has 0 aliphatic carbocycles. The van der Waals surface area contributed by atoms with Gasteiger partial charge in [0.1, 0.15) is 0 Å². The maximum absolute atomic E-state index is 11.4. The second kappa shape index (κ2) is 5.65. The van der Waals surface area contributed by atoms with Gasteiger partial charge in [0.25, 0.3) is 0 Å². The lowest BCUT2D eigenvalue weighted by Crippen LogP contribution is -2.38. The van der Waals surface area contributed by atoms with Crippen molar-refractivity contribution < 1.29 is 13.2 Å². The molecule has 84 valence electrons. The Morgan fingerprint density at radius 3 is 2.93 bits per heavy atom. The fourth-order valence-electron chi connectivity index (χ4n) is 1.38. The van der Waals surface area contributed by atoms with Crippen molar-refractivity contribution in [2.75, 3.05) is 32.1 Å².